The first kappa shape index (κ1) is 31.2. The number of rotatable bonds is 8. The van der Waals surface area contributed by atoms with Gasteiger partial charge in [0.15, 0.2) is 5.01 Å². The fourth-order valence-corrected chi connectivity index (χ4v) is 5.74. The van der Waals surface area contributed by atoms with E-state index in [-0.39, 0.29) is 40.1 Å². The van der Waals surface area contributed by atoms with Crippen LogP contribution in [-0.4, -0.2) is 69.0 Å². The molecule has 226 valence electrons. The number of nitrogens with one attached hydrogen (secondary N) is 1. The SMILES string of the molecule is CC[C@H](F)c1cc(C(O)(C(F)(F)F)C(F)(F)F)ccc1-c1sc(C(=O)NCC2(O)CC2)nc1C(=O)N1CCC[C@@H]1C. The quantitative estimate of drug-likeness (QED) is 0.346. The molecule has 2 heterocycles. The van der Waals surface area contributed by atoms with Crippen LogP contribution in [0.1, 0.15) is 83.5 Å². The molecule has 4 rings (SSSR count). The van der Waals surface area contributed by atoms with Gasteiger partial charge in [0.1, 0.15) is 11.9 Å². The monoisotopic (exact) mass is 611 g/mol. The highest BCUT2D eigenvalue weighted by atomic mass is 32.1. The van der Waals surface area contributed by atoms with Crippen LogP contribution in [0.25, 0.3) is 10.4 Å². The van der Waals surface area contributed by atoms with E-state index in [0.29, 0.717) is 55.7 Å². The molecule has 2 atom stereocenters. The van der Waals surface area contributed by atoms with Crippen molar-refractivity contribution in [2.45, 2.75) is 81.7 Å². The van der Waals surface area contributed by atoms with Crippen LogP contribution < -0.4 is 5.32 Å². The molecular weight excluding hydrogens is 583 g/mol. The third-order valence-electron chi connectivity index (χ3n) is 7.47. The molecule has 2 fully saturated rings. The Kier molecular flexibility index (Phi) is 8.21. The minimum atomic E-state index is -6.18. The number of carbonyl (C=O) groups excluding carboxylic acids is 2. The van der Waals surface area contributed by atoms with Gasteiger partial charge in [0.2, 0.25) is 0 Å². The molecule has 15 heteroatoms. The van der Waals surface area contributed by atoms with Gasteiger partial charge in [-0.3, -0.25) is 9.59 Å². The Morgan fingerprint density at radius 2 is 1.83 bits per heavy atom. The van der Waals surface area contributed by atoms with E-state index < -0.39 is 52.7 Å². The zero-order valence-corrected chi connectivity index (χ0v) is 22.8. The Morgan fingerprint density at radius 1 is 1.20 bits per heavy atom. The van der Waals surface area contributed by atoms with E-state index in [2.05, 4.69) is 10.3 Å². The number of amides is 2. The standard InChI is InChI=1S/C26H28F7N3O4S/c1-3-17(27)16-11-14(24(40,25(28,29)30)26(31,32)33)6-7-15(16)19-18(22(38)36-10-4-5-13(36)2)35-21(41-19)20(37)34-12-23(39)8-9-23/h6-7,11,13,17,39-40H,3-5,8-10,12H2,1-2H3,(H,34,37)/t13-,17-/m0/s1. The van der Waals surface area contributed by atoms with Gasteiger partial charge in [-0.1, -0.05) is 19.1 Å². The number of nitrogens with zero attached hydrogens (tertiary/aromatic N) is 2. The van der Waals surface area contributed by atoms with Crippen molar-refractivity contribution < 1.29 is 50.5 Å². The molecular formula is C26H28F7N3O4S. The average Bonchev–Trinajstić information content (AvgIpc) is 3.26. The zero-order chi connectivity index (χ0) is 30.5. The van der Waals surface area contributed by atoms with Crippen LogP contribution in [0.2, 0.25) is 0 Å². The van der Waals surface area contributed by atoms with Crippen LogP contribution in [0.5, 0.6) is 0 Å². The van der Waals surface area contributed by atoms with Gasteiger partial charge >= 0.3 is 12.4 Å². The van der Waals surface area contributed by atoms with E-state index in [1.54, 1.807) is 6.92 Å². The van der Waals surface area contributed by atoms with Gasteiger partial charge < -0.3 is 20.4 Å². The fraction of sp³-hybridized carbons (Fsp3) is 0.577. The van der Waals surface area contributed by atoms with E-state index in [1.807, 2.05) is 0 Å². The van der Waals surface area contributed by atoms with Gasteiger partial charge in [-0.05, 0) is 50.7 Å². The lowest BCUT2D eigenvalue weighted by atomic mass is 9.87. The Hall–Kier alpha value is -2.78. The molecule has 0 radical (unpaired) electrons. The van der Waals surface area contributed by atoms with E-state index in [0.717, 1.165) is 6.07 Å². The molecule has 0 unspecified atom stereocenters. The highest BCUT2D eigenvalue weighted by Crippen LogP contribution is 2.51. The first-order valence-electron chi connectivity index (χ1n) is 12.9. The number of benzene rings is 1. The van der Waals surface area contributed by atoms with Crippen LogP contribution in [-0.2, 0) is 5.60 Å². The average molecular weight is 612 g/mol. The van der Waals surface area contributed by atoms with E-state index in [1.165, 1.54) is 11.8 Å². The number of thiazole rings is 1. The van der Waals surface area contributed by atoms with Crippen molar-refractivity contribution >= 4 is 23.2 Å². The molecule has 1 aromatic carbocycles. The van der Waals surface area contributed by atoms with Crippen LogP contribution in [0, 0.1) is 0 Å². The Labute approximate surface area is 234 Å². The minimum Gasteiger partial charge on any atom is -0.388 e. The van der Waals surface area contributed by atoms with Crippen molar-refractivity contribution in [1.82, 2.24) is 15.2 Å². The molecule has 0 bridgehead atoms. The smallest absolute Gasteiger partial charge is 0.388 e. The van der Waals surface area contributed by atoms with Gasteiger partial charge in [0.05, 0.1) is 10.5 Å². The molecule has 2 aromatic rings. The van der Waals surface area contributed by atoms with Crippen molar-refractivity contribution in [2.24, 2.45) is 0 Å². The number of hydrogen-bond acceptors (Lipinski definition) is 6. The number of alkyl halides is 7. The second-order valence-electron chi connectivity index (χ2n) is 10.5. The van der Waals surface area contributed by atoms with Crippen LogP contribution >= 0.6 is 11.3 Å². The molecule has 2 aliphatic rings. The van der Waals surface area contributed by atoms with Gasteiger partial charge in [0.25, 0.3) is 17.4 Å². The second-order valence-corrected chi connectivity index (χ2v) is 11.5. The van der Waals surface area contributed by atoms with Crippen LogP contribution in [0.4, 0.5) is 30.7 Å². The summed E-state index contributed by atoms with van der Waals surface area (Å²) in [5, 5.41) is 22.2. The largest absolute Gasteiger partial charge is 0.430 e. The van der Waals surface area contributed by atoms with Crippen LogP contribution in [0.3, 0.4) is 0 Å². The lowest BCUT2D eigenvalue weighted by molar-refractivity contribution is -0.376. The van der Waals surface area contributed by atoms with E-state index >= 15 is 4.39 Å². The topological polar surface area (TPSA) is 103 Å². The van der Waals surface area contributed by atoms with Crippen molar-refractivity contribution in [1.29, 1.82) is 0 Å². The van der Waals surface area contributed by atoms with Crippen molar-refractivity contribution in [3.05, 3.63) is 40.0 Å². The summed E-state index contributed by atoms with van der Waals surface area (Å²) >= 11 is 0.621. The number of likely N-dealkylation sites (tertiary alicyclic amines) is 1. The maximum atomic E-state index is 15.2. The fourth-order valence-electron chi connectivity index (χ4n) is 4.72. The third kappa shape index (κ3) is 5.80. The lowest BCUT2D eigenvalue weighted by Crippen LogP contribution is -2.54. The molecule has 1 aliphatic heterocycles. The molecule has 0 spiro atoms. The summed E-state index contributed by atoms with van der Waals surface area (Å²) in [7, 11) is 0. The Bertz CT molecular complexity index is 1310. The highest BCUT2D eigenvalue weighted by Gasteiger charge is 2.71. The number of aromatic nitrogens is 1. The van der Waals surface area contributed by atoms with Crippen LogP contribution in [0.15, 0.2) is 18.2 Å². The summed E-state index contributed by atoms with van der Waals surface area (Å²) in [6.07, 6.45) is -12.5. The normalized spacial score (nSPS) is 19.8. The van der Waals surface area contributed by atoms with E-state index in [4.69, 9.17) is 0 Å². The molecule has 1 saturated carbocycles. The van der Waals surface area contributed by atoms with Crippen molar-refractivity contribution in [3.8, 4) is 10.4 Å². The summed E-state index contributed by atoms with van der Waals surface area (Å²) in [6.45, 7) is 3.35. The Morgan fingerprint density at radius 3 is 2.34 bits per heavy atom. The van der Waals surface area contributed by atoms with Gasteiger partial charge in [-0.2, -0.15) is 26.3 Å². The van der Waals surface area contributed by atoms with Crippen molar-refractivity contribution in [3.63, 3.8) is 0 Å². The van der Waals surface area contributed by atoms with E-state index in [9.17, 15) is 46.1 Å². The van der Waals surface area contributed by atoms with Gasteiger partial charge in [-0.15, -0.1) is 11.3 Å². The summed E-state index contributed by atoms with van der Waals surface area (Å²) in [6, 6.07) is 1.22. The zero-order valence-electron chi connectivity index (χ0n) is 22.0. The number of carbonyl (C=O) groups is 2. The lowest BCUT2D eigenvalue weighted by Gasteiger charge is -2.33. The molecule has 1 aliphatic carbocycles. The first-order valence-corrected chi connectivity index (χ1v) is 13.7. The molecule has 1 aromatic heterocycles. The number of aliphatic hydroxyl groups is 2. The number of hydrogen-bond donors (Lipinski definition) is 3. The molecule has 3 N–H and O–H groups in total. The summed E-state index contributed by atoms with van der Waals surface area (Å²) < 4.78 is 96.7. The molecule has 1 saturated heterocycles. The predicted molar refractivity (Wildman–Crippen MR) is 134 cm³/mol. The highest BCUT2D eigenvalue weighted by molar-refractivity contribution is 7.17. The van der Waals surface area contributed by atoms with Gasteiger partial charge in [0, 0.05) is 30.3 Å². The summed E-state index contributed by atoms with van der Waals surface area (Å²) in [5.74, 6) is -1.40. The van der Waals surface area contributed by atoms with Gasteiger partial charge in [-0.25, -0.2) is 9.37 Å². The predicted octanol–water partition coefficient (Wildman–Crippen LogP) is 5.42. The minimum absolute atomic E-state index is 0.0943. The summed E-state index contributed by atoms with van der Waals surface area (Å²) in [4.78, 5) is 31.9. The molecule has 41 heavy (non-hydrogen) atoms. The first-order chi connectivity index (χ1) is 18.9. The second kappa shape index (κ2) is 10.8. The third-order valence-corrected chi connectivity index (χ3v) is 8.56. The summed E-state index contributed by atoms with van der Waals surface area (Å²) in [5.41, 5.74) is -9.16. The van der Waals surface area contributed by atoms with Crippen molar-refractivity contribution in [2.75, 3.05) is 13.1 Å². The molecule has 7 nitrogen and oxygen atoms in total. The molecule has 2 amide bonds. The number of halogens is 7. The maximum absolute atomic E-state index is 15.2. The Balaban J connectivity index is 1.87. The maximum Gasteiger partial charge on any atom is 0.430 e.